The molecule has 0 radical (unpaired) electrons. The molecule has 1 saturated carbocycles. The van der Waals surface area contributed by atoms with E-state index in [4.69, 9.17) is 0 Å². The number of thiazole rings is 1. The fourth-order valence-electron chi connectivity index (χ4n) is 3.09. The number of aliphatic imine (C=N–C) groups is 1. The van der Waals surface area contributed by atoms with E-state index in [-0.39, 0.29) is 30.2 Å². The fraction of sp³-hybridized carbons (Fsp3) is 0.500. The number of rotatable bonds is 5. The van der Waals surface area contributed by atoms with Gasteiger partial charge in [-0.25, -0.2) is 9.98 Å². The van der Waals surface area contributed by atoms with Gasteiger partial charge in [0.05, 0.1) is 18.0 Å². The van der Waals surface area contributed by atoms with Crippen LogP contribution in [-0.2, 0) is 20.8 Å². The summed E-state index contributed by atoms with van der Waals surface area (Å²) in [4.78, 5) is 43.2. The van der Waals surface area contributed by atoms with Crippen molar-refractivity contribution in [3.63, 3.8) is 0 Å². The summed E-state index contributed by atoms with van der Waals surface area (Å²) in [6.45, 7) is 0. The summed E-state index contributed by atoms with van der Waals surface area (Å²) in [5.74, 6) is -1.29. The van der Waals surface area contributed by atoms with E-state index in [1.807, 2.05) is 0 Å². The summed E-state index contributed by atoms with van der Waals surface area (Å²) in [5, 5.41) is 8.00. The second kappa shape index (κ2) is 8.84. The molecule has 0 spiro atoms. The van der Waals surface area contributed by atoms with Crippen LogP contribution in [0.15, 0.2) is 22.5 Å². The monoisotopic (exact) mass is 374 g/mol. The molecule has 1 atom stereocenters. The Balaban J connectivity index is 1.48. The van der Waals surface area contributed by atoms with E-state index in [2.05, 4.69) is 20.6 Å². The molecule has 1 aromatic heterocycles. The van der Waals surface area contributed by atoms with Crippen LogP contribution >= 0.6 is 11.3 Å². The summed E-state index contributed by atoms with van der Waals surface area (Å²) in [7, 11) is 0. The number of nitrogens with one attached hydrogen (secondary N) is 2. The van der Waals surface area contributed by atoms with E-state index in [0.717, 1.165) is 12.8 Å². The topological polar surface area (TPSA) is 101 Å². The van der Waals surface area contributed by atoms with Gasteiger partial charge < -0.3 is 10.6 Å². The van der Waals surface area contributed by atoms with Gasteiger partial charge in [0, 0.05) is 23.7 Å². The largest absolute Gasteiger partial charge is 0.353 e. The maximum atomic E-state index is 12.2. The van der Waals surface area contributed by atoms with E-state index in [9.17, 15) is 14.4 Å². The van der Waals surface area contributed by atoms with Crippen LogP contribution in [0.3, 0.4) is 0 Å². The number of anilines is 1. The number of nitrogens with zero attached hydrogens (tertiary/aromatic N) is 2. The highest BCUT2D eigenvalue weighted by atomic mass is 32.1. The number of aromatic nitrogens is 1. The van der Waals surface area contributed by atoms with Crippen molar-refractivity contribution < 1.29 is 14.4 Å². The van der Waals surface area contributed by atoms with Crippen molar-refractivity contribution in [3.05, 3.63) is 23.2 Å². The van der Waals surface area contributed by atoms with E-state index in [1.54, 1.807) is 5.38 Å². The van der Waals surface area contributed by atoms with Crippen LogP contribution in [0.4, 0.5) is 5.13 Å². The Bertz CT molecular complexity index is 717. The molecule has 0 bridgehead atoms. The van der Waals surface area contributed by atoms with Gasteiger partial charge in [0.25, 0.3) is 5.91 Å². The third kappa shape index (κ3) is 5.32. The summed E-state index contributed by atoms with van der Waals surface area (Å²) in [6, 6.07) is 0.267. The predicted octanol–water partition coefficient (Wildman–Crippen LogP) is 2.25. The number of hydrogen-bond donors (Lipinski definition) is 2. The van der Waals surface area contributed by atoms with E-state index < -0.39 is 5.92 Å². The van der Waals surface area contributed by atoms with Crippen LogP contribution in [-0.4, -0.2) is 35.0 Å². The highest BCUT2D eigenvalue weighted by Crippen LogP contribution is 2.19. The Morgan fingerprint density at radius 3 is 2.65 bits per heavy atom. The molecule has 3 amide bonds. The van der Waals surface area contributed by atoms with Gasteiger partial charge in [0.1, 0.15) is 0 Å². The minimum Gasteiger partial charge on any atom is -0.353 e. The van der Waals surface area contributed by atoms with Gasteiger partial charge in [-0.15, -0.1) is 11.3 Å². The van der Waals surface area contributed by atoms with Crippen LogP contribution in [0.1, 0.15) is 44.2 Å². The van der Waals surface area contributed by atoms with Crippen molar-refractivity contribution in [3.8, 4) is 0 Å². The second-order valence-corrected chi connectivity index (χ2v) is 7.43. The molecular weight excluding hydrogens is 352 g/mol. The maximum Gasteiger partial charge on any atom is 0.269 e. The third-order valence-electron chi connectivity index (χ3n) is 4.46. The molecule has 1 aliphatic carbocycles. The number of dihydropyridines is 1. The average Bonchev–Trinajstić information content (AvgIpc) is 2.88. The van der Waals surface area contributed by atoms with Crippen LogP contribution < -0.4 is 10.6 Å². The summed E-state index contributed by atoms with van der Waals surface area (Å²) >= 11 is 1.28. The van der Waals surface area contributed by atoms with Gasteiger partial charge in [-0.3, -0.25) is 14.4 Å². The zero-order valence-electron chi connectivity index (χ0n) is 14.4. The Labute approximate surface area is 156 Å². The molecule has 0 saturated heterocycles. The quantitative estimate of drug-likeness (QED) is 0.772. The molecule has 2 heterocycles. The zero-order valence-corrected chi connectivity index (χ0v) is 15.3. The molecule has 2 N–H and O–H groups in total. The van der Waals surface area contributed by atoms with Gasteiger partial charge in [-0.05, 0) is 12.8 Å². The highest BCUT2D eigenvalue weighted by molar-refractivity contribution is 7.13. The number of carbonyl (C=O) groups is 3. The first-order valence-electron chi connectivity index (χ1n) is 8.91. The molecule has 0 aromatic carbocycles. The van der Waals surface area contributed by atoms with E-state index >= 15 is 0 Å². The van der Waals surface area contributed by atoms with Crippen LogP contribution in [0.2, 0.25) is 0 Å². The average molecular weight is 374 g/mol. The normalized spacial score (nSPS) is 20.6. The number of amides is 3. The maximum absolute atomic E-state index is 12.2. The van der Waals surface area contributed by atoms with Crippen molar-refractivity contribution in [2.24, 2.45) is 10.9 Å². The summed E-state index contributed by atoms with van der Waals surface area (Å²) in [5.41, 5.74) is 0.638. The molecule has 1 aromatic rings. The fourth-order valence-corrected chi connectivity index (χ4v) is 3.80. The molecule has 26 heavy (non-hydrogen) atoms. The van der Waals surface area contributed by atoms with Crippen molar-refractivity contribution in [1.29, 1.82) is 0 Å². The Morgan fingerprint density at radius 2 is 1.96 bits per heavy atom. The molecule has 8 heteroatoms. The molecule has 3 rings (SSSR count). The van der Waals surface area contributed by atoms with Crippen molar-refractivity contribution in [1.82, 2.24) is 10.3 Å². The molecule has 1 aliphatic heterocycles. The van der Waals surface area contributed by atoms with Crippen LogP contribution in [0.25, 0.3) is 0 Å². The third-order valence-corrected chi connectivity index (χ3v) is 5.26. The van der Waals surface area contributed by atoms with Crippen molar-refractivity contribution in [2.45, 2.75) is 51.0 Å². The first kappa shape index (κ1) is 18.4. The minimum atomic E-state index is -0.585. The highest BCUT2D eigenvalue weighted by Gasteiger charge is 2.19. The lowest BCUT2D eigenvalue weighted by atomic mass is 10.1. The molecular formula is C18H22N4O3S. The van der Waals surface area contributed by atoms with E-state index in [1.165, 1.54) is 55.4 Å². The molecule has 2 aliphatic rings. The molecule has 138 valence electrons. The Morgan fingerprint density at radius 1 is 1.19 bits per heavy atom. The zero-order chi connectivity index (χ0) is 18.4. The lowest BCUT2D eigenvalue weighted by Crippen LogP contribution is -2.35. The lowest BCUT2D eigenvalue weighted by Gasteiger charge is -2.15. The van der Waals surface area contributed by atoms with Gasteiger partial charge in [0.15, 0.2) is 5.13 Å². The van der Waals surface area contributed by atoms with Crippen molar-refractivity contribution in [2.75, 3.05) is 5.32 Å². The van der Waals surface area contributed by atoms with Gasteiger partial charge >= 0.3 is 0 Å². The SMILES string of the molecule is O=C1C=CC(C(=O)Nc2nc(CC(=O)NC3CCCCCC3)cs2)C=N1. The minimum absolute atomic E-state index is 0.0269. The summed E-state index contributed by atoms with van der Waals surface area (Å²) < 4.78 is 0. The standard InChI is InChI=1S/C18H22N4O3S/c23-15-8-7-12(10-19-15)17(25)22-18-21-14(11-26-18)9-16(24)20-13-5-3-1-2-4-6-13/h7-8,10-13H,1-6,9H2,(H,20,24)(H,21,22,25). The van der Waals surface area contributed by atoms with Crippen LogP contribution in [0, 0.1) is 5.92 Å². The number of carbonyl (C=O) groups excluding carboxylic acids is 3. The molecule has 1 unspecified atom stereocenters. The first-order valence-corrected chi connectivity index (χ1v) is 9.79. The summed E-state index contributed by atoms with van der Waals surface area (Å²) in [6.07, 6.45) is 11.2. The smallest absolute Gasteiger partial charge is 0.269 e. The van der Waals surface area contributed by atoms with Crippen molar-refractivity contribution >= 4 is 40.4 Å². The Kier molecular flexibility index (Phi) is 6.27. The number of hydrogen-bond acceptors (Lipinski definition) is 5. The predicted molar refractivity (Wildman–Crippen MR) is 100 cm³/mol. The Hall–Kier alpha value is -2.35. The van der Waals surface area contributed by atoms with Gasteiger partial charge in [0.2, 0.25) is 11.8 Å². The van der Waals surface area contributed by atoms with Gasteiger partial charge in [-0.1, -0.05) is 31.8 Å². The lowest BCUT2D eigenvalue weighted by molar-refractivity contribution is -0.121. The van der Waals surface area contributed by atoms with E-state index in [0.29, 0.717) is 10.8 Å². The van der Waals surface area contributed by atoms with Gasteiger partial charge in [-0.2, -0.15) is 0 Å². The first-order chi connectivity index (χ1) is 12.6. The molecule has 1 fully saturated rings. The second-order valence-electron chi connectivity index (χ2n) is 6.57. The van der Waals surface area contributed by atoms with Crippen LogP contribution in [0.5, 0.6) is 0 Å². The molecule has 7 nitrogen and oxygen atoms in total.